The molecule has 2 rings (SSSR count). The van der Waals surface area contributed by atoms with E-state index in [1.807, 2.05) is 4.72 Å². The highest BCUT2D eigenvalue weighted by molar-refractivity contribution is 7.92. The first kappa shape index (κ1) is 15.1. The zero-order chi connectivity index (χ0) is 15.6. The Kier molecular flexibility index (Phi) is 4.05. The highest BCUT2D eigenvalue weighted by Gasteiger charge is 2.17. The van der Waals surface area contributed by atoms with Gasteiger partial charge in [0, 0.05) is 17.8 Å². The van der Waals surface area contributed by atoms with Gasteiger partial charge in [-0.2, -0.15) is 0 Å². The van der Waals surface area contributed by atoms with Crippen molar-refractivity contribution in [3.63, 3.8) is 0 Å². The minimum Gasteiger partial charge on any atom is -0.324 e. The van der Waals surface area contributed by atoms with Crippen molar-refractivity contribution in [1.82, 2.24) is 0 Å². The largest absolute Gasteiger partial charge is 0.324 e. The van der Waals surface area contributed by atoms with E-state index in [1.165, 1.54) is 24.3 Å². The number of rotatable bonds is 4. The summed E-state index contributed by atoms with van der Waals surface area (Å²) in [5.41, 5.74) is 2.38. The average molecular weight is 317 g/mol. The lowest BCUT2D eigenvalue weighted by atomic mass is 10.3. The molecule has 0 unspecified atom stereocenters. The number of hydrazine groups is 1. The second-order valence-corrected chi connectivity index (χ2v) is 5.71. The molecule has 0 atom stereocenters. The van der Waals surface area contributed by atoms with E-state index in [1.54, 1.807) is 0 Å². The molecule has 9 heteroatoms. The van der Waals surface area contributed by atoms with Gasteiger partial charge >= 0.3 is 0 Å². The maximum atomic E-state index is 13.0. The molecule has 0 aliphatic carbocycles. The van der Waals surface area contributed by atoms with Crippen LogP contribution in [0.25, 0.3) is 0 Å². The third-order valence-corrected chi connectivity index (χ3v) is 3.96. The van der Waals surface area contributed by atoms with E-state index in [0.717, 1.165) is 0 Å². The van der Waals surface area contributed by atoms with Gasteiger partial charge in [0.2, 0.25) is 0 Å². The van der Waals surface area contributed by atoms with E-state index < -0.39 is 33.2 Å². The summed E-state index contributed by atoms with van der Waals surface area (Å²) in [4.78, 5) is -0.147. The first-order chi connectivity index (χ1) is 9.83. The van der Waals surface area contributed by atoms with Crippen LogP contribution in [0.4, 0.5) is 24.5 Å². The molecule has 0 amide bonds. The second-order valence-electron chi connectivity index (χ2n) is 4.03. The Balaban J connectivity index is 2.32. The fraction of sp³-hybridized carbons (Fsp3) is 0. The van der Waals surface area contributed by atoms with Crippen LogP contribution in [-0.4, -0.2) is 8.42 Å². The van der Waals surface area contributed by atoms with Crippen LogP contribution in [0.5, 0.6) is 0 Å². The van der Waals surface area contributed by atoms with Crippen molar-refractivity contribution in [2.75, 3.05) is 10.1 Å². The molecule has 0 aliphatic rings. The first-order valence-corrected chi connectivity index (χ1v) is 7.06. The number of benzene rings is 2. The van der Waals surface area contributed by atoms with Gasteiger partial charge in [-0.1, -0.05) is 0 Å². The fourth-order valence-corrected chi connectivity index (χ4v) is 2.60. The molecule has 0 heterocycles. The quantitative estimate of drug-likeness (QED) is 0.458. The van der Waals surface area contributed by atoms with Crippen molar-refractivity contribution in [3.8, 4) is 0 Å². The molecule has 112 valence electrons. The summed E-state index contributed by atoms with van der Waals surface area (Å²) in [7, 11) is -4.06. The van der Waals surface area contributed by atoms with Gasteiger partial charge in [0.25, 0.3) is 10.0 Å². The Morgan fingerprint density at radius 1 is 0.905 bits per heavy atom. The summed E-state index contributed by atoms with van der Waals surface area (Å²) in [6.07, 6.45) is 0. The van der Waals surface area contributed by atoms with Gasteiger partial charge in [0.05, 0.1) is 10.6 Å². The standard InChI is InChI=1S/C12H10F3N3O2S/c13-10-5-8(6-11(14)12(10)15)18-21(19,20)9-3-1-7(17-16)2-4-9/h1-6,17-18H,16H2. The lowest BCUT2D eigenvalue weighted by Crippen LogP contribution is -2.14. The molecule has 2 aromatic rings. The molecule has 0 fully saturated rings. The third-order valence-electron chi connectivity index (χ3n) is 2.57. The van der Waals surface area contributed by atoms with E-state index in [4.69, 9.17) is 5.84 Å². The molecule has 0 saturated carbocycles. The van der Waals surface area contributed by atoms with Gasteiger partial charge in [-0.05, 0) is 24.3 Å². The molecule has 21 heavy (non-hydrogen) atoms. The van der Waals surface area contributed by atoms with E-state index in [9.17, 15) is 21.6 Å². The molecule has 2 aromatic carbocycles. The van der Waals surface area contributed by atoms with Crippen LogP contribution < -0.4 is 16.0 Å². The Morgan fingerprint density at radius 2 is 1.43 bits per heavy atom. The summed E-state index contributed by atoms with van der Waals surface area (Å²) in [6, 6.07) is 6.39. The maximum Gasteiger partial charge on any atom is 0.261 e. The third kappa shape index (κ3) is 3.26. The van der Waals surface area contributed by atoms with Crippen LogP contribution in [0.2, 0.25) is 0 Å². The molecule has 0 aliphatic heterocycles. The monoisotopic (exact) mass is 317 g/mol. The van der Waals surface area contributed by atoms with Crippen molar-refractivity contribution in [3.05, 3.63) is 53.8 Å². The summed E-state index contributed by atoms with van der Waals surface area (Å²) >= 11 is 0. The van der Waals surface area contributed by atoms with Crippen LogP contribution in [0.1, 0.15) is 0 Å². The summed E-state index contributed by atoms with van der Waals surface area (Å²) < 4.78 is 64.9. The Bertz CT molecular complexity index is 741. The molecule has 0 spiro atoms. The number of hydrogen-bond acceptors (Lipinski definition) is 4. The molecule has 5 nitrogen and oxygen atoms in total. The Morgan fingerprint density at radius 3 is 1.90 bits per heavy atom. The lowest BCUT2D eigenvalue weighted by Gasteiger charge is -2.09. The van der Waals surface area contributed by atoms with Crippen LogP contribution in [-0.2, 0) is 10.0 Å². The fourth-order valence-electron chi connectivity index (χ4n) is 1.56. The normalized spacial score (nSPS) is 11.2. The van der Waals surface area contributed by atoms with Gasteiger partial charge in [-0.15, -0.1) is 0 Å². The number of halogens is 3. The summed E-state index contributed by atoms with van der Waals surface area (Å²) in [5, 5.41) is 0. The van der Waals surface area contributed by atoms with Gasteiger partial charge in [-0.3, -0.25) is 10.6 Å². The molecule has 0 radical (unpaired) electrons. The number of hydrogen-bond donors (Lipinski definition) is 3. The summed E-state index contributed by atoms with van der Waals surface area (Å²) in [5.74, 6) is 0.495. The number of nitrogen functional groups attached to an aromatic ring is 1. The van der Waals surface area contributed by atoms with Gasteiger partial charge < -0.3 is 5.43 Å². The molecule has 0 saturated heterocycles. The van der Waals surface area contributed by atoms with Crippen molar-refractivity contribution in [2.24, 2.45) is 5.84 Å². The minimum absolute atomic E-state index is 0.147. The molecular formula is C12H10F3N3O2S. The SMILES string of the molecule is NNc1ccc(S(=O)(=O)Nc2cc(F)c(F)c(F)c2)cc1. The van der Waals surface area contributed by atoms with E-state index in [2.05, 4.69) is 5.43 Å². The zero-order valence-corrected chi connectivity index (χ0v) is 11.2. The predicted molar refractivity (Wildman–Crippen MR) is 71.4 cm³/mol. The smallest absolute Gasteiger partial charge is 0.261 e. The Labute approximate surface area is 118 Å². The lowest BCUT2D eigenvalue weighted by molar-refractivity contribution is 0.448. The van der Waals surface area contributed by atoms with Gasteiger partial charge in [0.15, 0.2) is 17.5 Å². The first-order valence-electron chi connectivity index (χ1n) is 5.57. The minimum atomic E-state index is -4.06. The van der Waals surface area contributed by atoms with Gasteiger partial charge in [-0.25, -0.2) is 21.6 Å². The molecular weight excluding hydrogens is 307 g/mol. The van der Waals surface area contributed by atoms with Gasteiger partial charge in [0.1, 0.15) is 0 Å². The molecule has 0 aromatic heterocycles. The van der Waals surface area contributed by atoms with Crippen molar-refractivity contribution >= 4 is 21.4 Å². The number of nitrogens with two attached hydrogens (primary N) is 1. The van der Waals surface area contributed by atoms with Crippen molar-refractivity contribution in [1.29, 1.82) is 0 Å². The van der Waals surface area contributed by atoms with Crippen LogP contribution in [0, 0.1) is 17.5 Å². The van der Waals surface area contributed by atoms with E-state index >= 15 is 0 Å². The second kappa shape index (κ2) is 5.62. The maximum absolute atomic E-state index is 13.0. The van der Waals surface area contributed by atoms with Crippen LogP contribution >= 0.6 is 0 Å². The number of nitrogens with one attached hydrogen (secondary N) is 2. The Hall–Kier alpha value is -2.26. The molecule has 4 N–H and O–H groups in total. The van der Waals surface area contributed by atoms with Crippen LogP contribution in [0.15, 0.2) is 41.3 Å². The average Bonchev–Trinajstić information content (AvgIpc) is 2.44. The summed E-state index contributed by atoms with van der Waals surface area (Å²) in [6.45, 7) is 0. The number of anilines is 2. The van der Waals surface area contributed by atoms with Crippen molar-refractivity contribution in [2.45, 2.75) is 4.90 Å². The van der Waals surface area contributed by atoms with E-state index in [0.29, 0.717) is 17.8 Å². The predicted octanol–water partition coefficient (Wildman–Crippen LogP) is 2.19. The van der Waals surface area contributed by atoms with Crippen molar-refractivity contribution < 1.29 is 21.6 Å². The number of sulfonamides is 1. The topological polar surface area (TPSA) is 84.2 Å². The highest BCUT2D eigenvalue weighted by Crippen LogP contribution is 2.21. The van der Waals surface area contributed by atoms with E-state index in [-0.39, 0.29) is 4.90 Å². The zero-order valence-electron chi connectivity index (χ0n) is 10.4. The van der Waals surface area contributed by atoms with Crippen LogP contribution in [0.3, 0.4) is 0 Å². The molecule has 0 bridgehead atoms. The highest BCUT2D eigenvalue weighted by atomic mass is 32.2.